The summed E-state index contributed by atoms with van der Waals surface area (Å²) in [5.74, 6) is -0.916. The van der Waals surface area contributed by atoms with E-state index in [2.05, 4.69) is 5.32 Å². The molecule has 3 aliphatic rings. The summed E-state index contributed by atoms with van der Waals surface area (Å²) in [7, 11) is 0. The van der Waals surface area contributed by atoms with E-state index in [0.717, 1.165) is 19.3 Å². The summed E-state index contributed by atoms with van der Waals surface area (Å²) < 4.78 is 5.50. The van der Waals surface area contributed by atoms with Crippen LogP contribution in [0.15, 0.2) is 12.2 Å². The van der Waals surface area contributed by atoms with Gasteiger partial charge in [-0.2, -0.15) is 0 Å². The van der Waals surface area contributed by atoms with E-state index in [-0.39, 0.29) is 11.8 Å². The Kier molecular flexibility index (Phi) is 3.07. The molecule has 0 aromatic rings. The standard InChI is InChI=1S/C17H25NO4/c1-5-14(2)12(19)18-17(13(20)22-16(14,17)4)15(3,21)11-9-7-6-8-10-11/h7,9,11,21H,5-6,8,10H2,1-4H3,(H,18,19)/t11-,14+,15?,16+,17-/m1/s1. The molecule has 122 valence electrons. The molecule has 2 saturated heterocycles. The highest BCUT2D eigenvalue weighted by atomic mass is 16.6. The van der Waals surface area contributed by atoms with Gasteiger partial charge in [-0.3, -0.25) is 4.79 Å². The van der Waals surface area contributed by atoms with Gasteiger partial charge in [-0.05, 0) is 46.5 Å². The minimum atomic E-state index is -1.38. The van der Waals surface area contributed by atoms with Crippen LogP contribution < -0.4 is 5.32 Å². The molecule has 0 radical (unpaired) electrons. The fraction of sp³-hybridized carbons (Fsp3) is 0.765. The number of fused-ring (bicyclic) bond motifs is 1. The lowest BCUT2D eigenvalue weighted by Crippen LogP contribution is -2.85. The van der Waals surface area contributed by atoms with Gasteiger partial charge in [-0.15, -0.1) is 0 Å². The highest BCUT2D eigenvalue weighted by Crippen LogP contribution is 2.61. The second-order valence-corrected chi connectivity index (χ2v) is 7.43. The van der Waals surface area contributed by atoms with Gasteiger partial charge in [0.25, 0.3) is 0 Å². The number of esters is 1. The zero-order chi connectivity index (χ0) is 16.4. The number of hydrogen-bond acceptors (Lipinski definition) is 4. The lowest BCUT2D eigenvalue weighted by molar-refractivity contribution is -0.266. The molecule has 0 bridgehead atoms. The van der Waals surface area contributed by atoms with Gasteiger partial charge >= 0.3 is 5.97 Å². The molecule has 3 rings (SSSR count). The molecule has 5 heteroatoms. The molecular formula is C17H25NO4. The molecule has 0 spiro atoms. The summed E-state index contributed by atoms with van der Waals surface area (Å²) in [6, 6.07) is 0. The molecule has 0 aromatic carbocycles. The second-order valence-electron chi connectivity index (χ2n) is 7.43. The van der Waals surface area contributed by atoms with Crippen molar-refractivity contribution in [2.24, 2.45) is 11.3 Å². The molecule has 2 N–H and O–H groups in total. The summed E-state index contributed by atoms with van der Waals surface area (Å²) in [6.07, 6.45) is 7.31. The lowest BCUT2D eigenvalue weighted by atomic mass is 9.54. The lowest BCUT2D eigenvalue weighted by Gasteiger charge is -2.60. The first-order chi connectivity index (χ1) is 10.2. The van der Waals surface area contributed by atoms with Crippen LogP contribution in [0.1, 0.15) is 53.4 Å². The van der Waals surface area contributed by atoms with Crippen molar-refractivity contribution >= 4 is 11.9 Å². The van der Waals surface area contributed by atoms with Gasteiger partial charge in [-0.25, -0.2) is 4.79 Å². The Labute approximate surface area is 131 Å². The zero-order valence-electron chi connectivity index (χ0n) is 13.7. The fourth-order valence-corrected chi connectivity index (χ4v) is 4.58. The van der Waals surface area contributed by atoms with Crippen LogP contribution in [-0.4, -0.2) is 33.7 Å². The van der Waals surface area contributed by atoms with E-state index in [9.17, 15) is 14.7 Å². The molecule has 2 fully saturated rings. The largest absolute Gasteiger partial charge is 0.453 e. The van der Waals surface area contributed by atoms with Crippen molar-refractivity contribution in [2.45, 2.75) is 70.1 Å². The first kappa shape index (κ1) is 15.5. The molecule has 5 atom stereocenters. The van der Waals surface area contributed by atoms with Gasteiger partial charge < -0.3 is 15.2 Å². The number of ether oxygens (including phenoxy) is 1. The SMILES string of the molecule is CC[C@@]1(C)C(=O)N[C@@]2(C(C)(O)[C@@H]3C=CCCC3)C(=O)O[C@@]12C. The van der Waals surface area contributed by atoms with Crippen molar-refractivity contribution < 1.29 is 19.4 Å². The van der Waals surface area contributed by atoms with Crippen LogP contribution in [0.4, 0.5) is 0 Å². The van der Waals surface area contributed by atoms with Crippen molar-refractivity contribution in [3.63, 3.8) is 0 Å². The number of carbonyl (C=O) groups is 2. The Balaban J connectivity index is 2.11. The zero-order valence-corrected chi connectivity index (χ0v) is 13.7. The molecule has 5 nitrogen and oxygen atoms in total. The van der Waals surface area contributed by atoms with E-state index in [4.69, 9.17) is 4.74 Å². The third kappa shape index (κ3) is 1.39. The quantitative estimate of drug-likeness (QED) is 0.614. The summed E-state index contributed by atoms with van der Waals surface area (Å²) in [4.78, 5) is 25.1. The minimum Gasteiger partial charge on any atom is -0.453 e. The van der Waals surface area contributed by atoms with Gasteiger partial charge in [0.1, 0.15) is 5.60 Å². The van der Waals surface area contributed by atoms with Crippen LogP contribution in [0.5, 0.6) is 0 Å². The molecule has 1 aliphatic carbocycles. The summed E-state index contributed by atoms with van der Waals surface area (Å²) in [5.41, 5.74) is -4.61. The maximum atomic E-state index is 12.6. The number of carbonyl (C=O) groups excluding carboxylic acids is 2. The fourth-order valence-electron chi connectivity index (χ4n) is 4.58. The third-order valence-electron chi connectivity index (χ3n) is 6.62. The van der Waals surface area contributed by atoms with Crippen molar-refractivity contribution in [3.05, 3.63) is 12.2 Å². The predicted molar refractivity (Wildman–Crippen MR) is 80.9 cm³/mol. The average Bonchev–Trinajstić information content (AvgIpc) is 2.64. The Morgan fingerprint density at radius 1 is 1.45 bits per heavy atom. The number of allylic oxidation sites excluding steroid dienone is 1. The van der Waals surface area contributed by atoms with Crippen LogP contribution in [0.2, 0.25) is 0 Å². The molecule has 1 amide bonds. The van der Waals surface area contributed by atoms with Gasteiger partial charge in [0, 0.05) is 5.92 Å². The maximum Gasteiger partial charge on any atom is 0.339 e. The number of rotatable bonds is 3. The molecule has 2 heterocycles. The Morgan fingerprint density at radius 3 is 2.64 bits per heavy atom. The van der Waals surface area contributed by atoms with Gasteiger partial charge in [0.15, 0.2) is 5.60 Å². The van der Waals surface area contributed by atoms with Crippen LogP contribution >= 0.6 is 0 Å². The van der Waals surface area contributed by atoms with E-state index < -0.39 is 28.1 Å². The third-order valence-corrected chi connectivity index (χ3v) is 6.62. The van der Waals surface area contributed by atoms with E-state index in [1.807, 2.05) is 26.0 Å². The van der Waals surface area contributed by atoms with Crippen molar-refractivity contribution in [3.8, 4) is 0 Å². The average molecular weight is 307 g/mol. The van der Waals surface area contributed by atoms with Crippen LogP contribution in [0.25, 0.3) is 0 Å². The van der Waals surface area contributed by atoms with Crippen LogP contribution in [-0.2, 0) is 14.3 Å². The van der Waals surface area contributed by atoms with E-state index in [1.165, 1.54) is 0 Å². The summed E-state index contributed by atoms with van der Waals surface area (Å²) in [6.45, 7) is 7.15. The van der Waals surface area contributed by atoms with Gasteiger partial charge in [-0.1, -0.05) is 19.1 Å². The minimum absolute atomic E-state index is 0.173. The second kappa shape index (κ2) is 4.34. The van der Waals surface area contributed by atoms with Crippen molar-refractivity contribution in [2.75, 3.05) is 0 Å². The van der Waals surface area contributed by atoms with Gasteiger partial charge in [0.05, 0.1) is 5.41 Å². The van der Waals surface area contributed by atoms with Crippen LogP contribution in [0, 0.1) is 11.3 Å². The molecule has 0 saturated carbocycles. The number of hydrogen-bond donors (Lipinski definition) is 2. The highest BCUT2D eigenvalue weighted by molar-refractivity contribution is 6.04. The molecule has 1 unspecified atom stereocenters. The normalized spacial score (nSPS) is 46.3. The number of amides is 1. The monoisotopic (exact) mass is 307 g/mol. The Bertz CT molecular complexity index is 569. The highest BCUT2D eigenvalue weighted by Gasteiger charge is 2.86. The van der Waals surface area contributed by atoms with Gasteiger partial charge in [0.2, 0.25) is 11.4 Å². The van der Waals surface area contributed by atoms with Crippen molar-refractivity contribution in [1.29, 1.82) is 0 Å². The molecule has 0 aromatic heterocycles. The number of aliphatic hydroxyl groups is 1. The number of nitrogens with one attached hydrogen (secondary N) is 1. The van der Waals surface area contributed by atoms with Crippen LogP contribution in [0.3, 0.4) is 0 Å². The van der Waals surface area contributed by atoms with Crippen molar-refractivity contribution in [1.82, 2.24) is 5.32 Å². The smallest absolute Gasteiger partial charge is 0.339 e. The Hall–Kier alpha value is -1.36. The first-order valence-electron chi connectivity index (χ1n) is 8.12. The summed E-state index contributed by atoms with van der Waals surface area (Å²) >= 11 is 0. The predicted octanol–water partition coefficient (Wildman–Crippen LogP) is 1.69. The molecular weight excluding hydrogens is 282 g/mol. The van der Waals surface area contributed by atoms with E-state index in [0.29, 0.717) is 6.42 Å². The molecule has 22 heavy (non-hydrogen) atoms. The summed E-state index contributed by atoms with van der Waals surface area (Å²) in [5, 5.41) is 14.2. The molecule has 2 aliphatic heterocycles. The van der Waals surface area contributed by atoms with E-state index >= 15 is 0 Å². The Morgan fingerprint density at radius 2 is 2.14 bits per heavy atom. The topological polar surface area (TPSA) is 75.6 Å². The maximum absolute atomic E-state index is 12.6. The first-order valence-corrected chi connectivity index (χ1v) is 8.12. The van der Waals surface area contributed by atoms with E-state index in [1.54, 1.807) is 13.8 Å².